The van der Waals surface area contributed by atoms with Crippen LogP contribution < -0.4 is 4.74 Å². The Morgan fingerprint density at radius 3 is 2.85 bits per heavy atom. The van der Waals surface area contributed by atoms with Gasteiger partial charge in [-0.2, -0.15) is 4.98 Å². The maximum absolute atomic E-state index is 5.72. The molecule has 0 radical (unpaired) electrons. The van der Waals surface area contributed by atoms with E-state index >= 15 is 0 Å². The van der Waals surface area contributed by atoms with Crippen LogP contribution in [0, 0.1) is 0 Å². The number of nitrogens with zero attached hydrogens (tertiary/aromatic N) is 3. The number of imidazole rings is 1. The Balaban J connectivity index is 2.76. The van der Waals surface area contributed by atoms with Gasteiger partial charge in [0.15, 0.2) is 5.65 Å². The number of aromatic nitrogens is 3. The summed E-state index contributed by atoms with van der Waals surface area (Å²) in [5, 5.41) is 0.438. The highest BCUT2D eigenvalue weighted by molar-refractivity contribution is 6.29. The van der Waals surface area contributed by atoms with E-state index in [-0.39, 0.29) is 0 Å². The SMILES string of the molecule is COc1nc2nc(Cl)ccc2n1C. The molecule has 0 bridgehead atoms. The highest BCUT2D eigenvalue weighted by atomic mass is 35.5. The zero-order chi connectivity index (χ0) is 9.42. The van der Waals surface area contributed by atoms with E-state index in [4.69, 9.17) is 16.3 Å². The van der Waals surface area contributed by atoms with Gasteiger partial charge >= 0.3 is 0 Å². The second-order valence-corrected chi connectivity index (χ2v) is 3.02. The summed E-state index contributed by atoms with van der Waals surface area (Å²) in [7, 11) is 3.44. The van der Waals surface area contributed by atoms with Gasteiger partial charge in [-0.15, -0.1) is 0 Å². The molecule has 0 saturated carbocycles. The lowest BCUT2D eigenvalue weighted by Gasteiger charge is -1.97. The van der Waals surface area contributed by atoms with Crippen LogP contribution in [0.1, 0.15) is 0 Å². The molecule has 0 N–H and O–H groups in total. The number of aryl methyl sites for hydroxylation is 1. The lowest BCUT2D eigenvalue weighted by atomic mass is 10.4. The summed E-state index contributed by atoms with van der Waals surface area (Å²) in [4.78, 5) is 8.20. The second kappa shape index (κ2) is 2.88. The highest BCUT2D eigenvalue weighted by Gasteiger charge is 2.08. The molecule has 2 heterocycles. The summed E-state index contributed by atoms with van der Waals surface area (Å²) in [6.07, 6.45) is 0. The first-order valence-electron chi connectivity index (χ1n) is 3.75. The van der Waals surface area contributed by atoms with Crippen LogP contribution in [0.5, 0.6) is 6.01 Å². The first-order chi connectivity index (χ1) is 6.22. The van der Waals surface area contributed by atoms with Crippen molar-refractivity contribution in [3.63, 3.8) is 0 Å². The maximum atomic E-state index is 5.72. The third-order valence-corrected chi connectivity index (χ3v) is 2.06. The van der Waals surface area contributed by atoms with Crippen molar-refractivity contribution in [2.75, 3.05) is 7.11 Å². The quantitative estimate of drug-likeness (QED) is 0.653. The number of pyridine rings is 1. The van der Waals surface area contributed by atoms with Crippen LogP contribution in [-0.2, 0) is 7.05 Å². The number of halogens is 1. The summed E-state index contributed by atoms with van der Waals surface area (Å²) >= 11 is 5.72. The molecular formula is C8H8ClN3O. The van der Waals surface area contributed by atoms with Crippen LogP contribution in [0.3, 0.4) is 0 Å². The normalized spacial score (nSPS) is 10.7. The number of methoxy groups -OCH3 is 1. The van der Waals surface area contributed by atoms with E-state index in [2.05, 4.69) is 9.97 Å². The smallest absolute Gasteiger partial charge is 0.298 e. The van der Waals surface area contributed by atoms with E-state index in [1.54, 1.807) is 13.2 Å². The lowest BCUT2D eigenvalue weighted by molar-refractivity contribution is 0.368. The zero-order valence-electron chi connectivity index (χ0n) is 7.28. The van der Waals surface area contributed by atoms with Gasteiger partial charge in [-0.05, 0) is 12.1 Å². The molecule has 0 spiro atoms. The Kier molecular flexibility index (Phi) is 1.84. The molecule has 4 nitrogen and oxygen atoms in total. The van der Waals surface area contributed by atoms with Crippen LogP contribution in [0.4, 0.5) is 0 Å². The van der Waals surface area contributed by atoms with Gasteiger partial charge < -0.3 is 4.74 Å². The van der Waals surface area contributed by atoms with E-state index in [0.29, 0.717) is 16.8 Å². The van der Waals surface area contributed by atoms with Crippen molar-refractivity contribution in [3.05, 3.63) is 17.3 Å². The van der Waals surface area contributed by atoms with E-state index in [0.717, 1.165) is 5.52 Å². The molecule has 0 fully saturated rings. The van der Waals surface area contributed by atoms with Crippen molar-refractivity contribution in [2.24, 2.45) is 7.05 Å². The minimum absolute atomic E-state index is 0.438. The fourth-order valence-electron chi connectivity index (χ4n) is 1.21. The topological polar surface area (TPSA) is 39.9 Å². The molecule has 5 heteroatoms. The Hall–Kier alpha value is -1.29. The average molecular weight is 198 g/mol. The summed E-state index contributed by atoms with van der Waals surface area (Å²) in [6, 6.07) is 4.12. The van der Waals surface area contributed by atoms with E-state index in [1.807, 2.05) is 17.7 Å². The number of fused-ring (bicyclic) bond motifs is 1. The van der Waals surface area contributed by atoms with Crippen LogP contribution in [0.15, 0.2) is 12.1 Å². The lowest BCUT2D eigenvalue weighted by Crippen LogP contribution is -1.93. The number of ether oxygens (including phenoxy) is 1. The van der Waals surface area contributed by atoms with Gasteiger partial charge in [0, 0.05) is 7.05 Å². The van der Waals surface area contributed by atoms with Gasteiger partial charge in [0.05, 0.1) is 12.6 Å². The van der Waals surface area contributed by atoms with E-state index in [9.17, 15) is 0 Å². The minimum Gasteiger partial charge on any atom is -0.468 e. The first kappa shape index (κ1) is 8.31. The van der Waals surface area contributed by atoms with Gasteiger partial charge in [-0.1, -0.05) is 11.6 Å². The van der Waals surface area contributed by atoms with Crippen molar-refractivity contribution < 1.29 is 4.74 Å². The average Bonchev–Trinajstić information content (AvgIpc) is 2.42. The van der Waals surface area contributed by atoms with Gasteiger partial charge in [-0.3, -0.25) is 4.57 Å². The largest absolute Gasteiger partial charge is 0.468 e. The molecule has 0 aliphatic heterocycles. The van der Waals surface area contributed by atoms with Crippen LogP contribution >= 0.6 is 11.6 Å². The Bertz CT molecular complexity index is 452. The van der Waals surface area contributed by atoms with Crippen molar-refractivity contribution in [3.8, 4) is 6.01 Å². The van der Waals surface area contributed by atoms with Gasteiger partial charge in [0.25, 0.3) is 6.01 Å². The molecule has 0 aromatic carbocycles. The van der Waals surface area contributed by atoms with Gasteiger partial charge in [-0.25, -0.2) is 4.98 Å². The summed E-state index contributed by atoms with van der Waals surface area (Å²) < 4.78 is 6.86. The van der Waals surface area contributed by atoms with Crippen molar-refractivity contribution in [2.45, 2.75) is 0 Å². The summed E-state index contributed by atoms with van der Waals surface area (Å²) in [6.45, 7) is 0. The molecule has 0 aliphatic carbocycles. The molecular weight excluding hydrogens is 190 g/mol. The number of hydrogen-bond donors (Lipinski definition) is 0. The summed E-state index contributed by atoms with van der Waals surface area (Å²) in [5.41, 5.74) is 1.51. The van der Waals surface area contributed by atoms with Crippen LogP contribution in [-0.4, -0.2) is 21.6 Å². The molecule has 2 aromatic rings. The Labute approximate surface area is 80.1 Å². The van der Waals surface area contributed by atoms with Crippen molar-refractivity contribution in [1.29, 1.82) is 0 Å². The molecule has 0 unspecified atom stereocenters. The Morgan fingerprint density at radius 2 is 2.15 bits per heavy atom. The van der Waals surface area contributed by atoms with Gasteiger partial charge in [0.1, 0.15) is 5.15 Å². The highest BCUT2D eigenvalue weighted by Crippen LogP contribution is 2.19. The first-order valence-corrected chi connectivity index (χ1v) is 4.13. The Morgan fingerprint density at radius 1 is 1.38 bits per heavy atom. The predicted molar refractivity (Wildman–Crippen MR) is 50.1 cm³/mol. The second-order valence-electron chi connectivity index (χ2n) is 2.63. The van der Waals surface area contributed by atoms with Crippen molar-refractivity contribution >= 4 is 22.8 Å². The maximum Gasteiger partial charge on any atom is 0.298 e. The third-order valence-electron chi connectivity index (χ3n) is 1.85. The van der Waals surface area contributed by atoms with Gasteiger partial charge in [0.2, 0.25) is 0 Å². The minimum atomic E-state index is 0.438. The van der Waals surface area contributed by atoms with E-state index in [1.165, 1.54) is 0 Å². The molecule has 13 heavy (non-hydrogen) atoms. The van der Waals surface area contributed by atoms with Crippen LogP contribution in [0.25, 0.3) is 11.2 Å². The third kappa shape index (κ3) is 1.23. The molecule has 2 aromatic heterocycles. The molecule has 0 saturated heterocycles. The molecule has 68 valence electrons. The predicted octanol–water partition coefficient (Wildman–Crippen LogP) is 1.63. The fourth-order valence-corrected chi connectivity index (χ4v) is 1.36. The molecule has 0 amide bonds. The molecule has 0 aliphatic rings. The molecule has 2 rings (SSSR count). The number of rotatable bonds is 1. The van der Waals surface area contributed by atoms with Crippen molar-refractivity contribution in [1.82, 2.24) is 14.5 Å². The standard InChI is InChI=1S/C8H8ClN3O/c1-12-5-3-4-6(9)10-7(5)11-8(12)13-2/h3-4H,1-2H3. The molecule has 0 atom stereocenters. The summed E-state index contributed by atoms with van der Waals surface area (Å²) in [5.74, 6) is 0. The zero-order valence-corrected chi connectivity index (χ0v) is 8.04. The van der Waals surface area contributed by atoms with E-state index < -0.39 is 0 Å². The van der Waals surface area contributed by atoms with Crippen LogP contribution in [0.2, 0.25) is 5.15 Å². The monoisotopic (exact) mass is 197 g/mol. The number of hydrogen-bond acceptors (Lipinski definition) is 3. The fraction of sp³-hybridized carbons (Fsp3) is 0.250.